The molecule has 25 heavy (non-hydrogen) atoms. The summed E-state index contributed by atoms with van der Waals surface area (Å²) in [5.74, 6) is 1.52. The van der Waals surface area contributed by atoms with Crippen LogP contribution in [0.4, 0.5) is 11.5 Å². The molecule has 0 unspecified atom stereocenters. The van der Waals surface area contributed by atoms with E-state index in [0.29, 0.717) is 23.2 Å². The monoisotopic (exact) mass is 329 g/mol. The third-order valence-corrected chi connectivity index (χ3v) is 3.63. The summed E-state index contributed by atoms with van der Waals surface area (Å²) in [6.45, 7) is 2.04. The maximum Gasteiger partial charge on any atom is 0.278 e. The standard InChI is InChI=1S/C19H15N5O/c1-13-6-5-9-15(12-13)20-17-11-10-16(22-23-17)19-21-18(24-25-19)14-7-3-2-4-8-14/h2-12H,1H3,(H,20,23). The average Bonchev–Trinajstić information content (AvgIpc) is 3.13. The molecule has 0 atom stereocenters. The summed E-state index contributed by atoms with van der Waals surface area (Å²) in [5.41, 5.74) is 3.56. The van der Waals surface area contributed by atoms with Crippen LogP contribution < -0.4 is 5.32 Å². The van der Waals surface area contributed by atoms with E-state index < -0.39 is 0 Å². The van der Waals surface area contributed by atoms with E-state index in [-0.39, 0.29) is 0 Å². The topological polar surface area (TPSA) is 76.7 Å². The number of nitrogens with zero attached hydrogens (tertiary/aromatic N) is 4. The van der Waals surface area contributed by atoms with Crippen molar-refractivity contribution in [2.45, 2.75) is 6.92 Å². The highest BCUT2D eigenvalue weighted by Gasteiger charge is 2.12. The molecule has 4 rings (SSSR count). The Kier molecular flexibility index (Phi) is 3.92. The first-order valence-corrected chi connectivity index (χ1v) is 7.85. The third-order valence-electron chi connectivity index (χ3n) is 3.63. The molecule has 0 fully saturated rings. The Hall–Kier alpha value is -3.54. The number of nitrogens with one attached hydrogen (secondary N) is 1. The van der Waals surface area contributed by atoms with Crippen molar-refractivity contribution in [3.63, 3.8) is 0 Å². The highest BCUT2D eigenvalue weighted by molar-refractivity contribution is 5.60. The molecule has 0 amide bonds. The van der Waals surface area contributed by atoms with Crippen LogP contribution in [-0.4, -0.2) is 20.3 Å². The molecule has 2 aromatic heterocycles. The normalized spacial score (nSPS) is 10.6. The van der Waals surface area contributed by atoms with Crippen LogP contribution >= 0.6 is 0 Å². The highest BCUT2D eigenvalue weighted by Crippen LogP contribution is 2.21. The van der Waals surface area contributed by atoms with Crippen molar-refractivity contribution in [1.82, 2.24) is 20.3 Å². The summed E-state index contributed by atoms with van der Waals surface area (Å²) in [6.07, 6.45) is 0. The van der Waals surface area contributed by atoms with E-state index in [1.807, 2.05) is 67.6 Å². The number of hydrogen-bond donors (Lipinski definition) is 1. The lowest BCUT2D eigenvalue weighted by molar-refractivity contribution is 0.430. The van der Waals surface area contributed by atoms with E-state index >= 15 is 0 Å². The molecule has 122 valence electrons. The van der Waals surface area contributed by atoms with Crippen molar-refractivity contribution in [3.8, 4) is 23.0 Å². The number of benzene rings is 2. The van der Waals surface area contributed by atoms with Gasteiger partial charge in [-0.25, -0.2) is 0 Å². The van der Waals surface area contributed by atoms with Crippen LogP contribution in [0.15, 0.2) is 71.3 Å². The van der Waals surface area contributed by atoms with Gasteiger partial charge in [0.15, 0.2) is 11.5 Å². The highest BCUT2D eigenvalue weighted by atomic mass is 16.5. The fourth-order valence-corrected chi connectivity index (χ4v) is 2.42. The van der Waals surface area contributed by atoms with Crippen LogP contribution in [-0.2, 0) is 0 Å². The Morgan fingerprint density at radius 1 is 0.880 bits per heavy atom. The molecular weight excluding hydrogens is 314 g/mol. The number of rotatable bonds is 4. The first-order chi connectivity index (χ1) is 12.3. The third kappa shape index (κ3) is 3.37. The number of aromatic nitrogens is 4. The zero-order valence-electron chi connectivity index (χ0n) is 13.5. The molecule has 0 aliphatic carbocycles. The lowest BCUT2D eigenvalue weighted by atomic mass is 10.2. The van der Waals surface area contributed by atoms with Crippen molar-refractivity contribution < 1.29 is 4.52 Å². The molecule has 2 heterocycles. The lowest BCUT2D eigenvalue weighted by Crippen LogP contribution is -1.96. The molecule has 0 saturated heterocycles. The predicted octanol–water partition coefficient (Wildman–Crippen LogP) is 4.25. The van der Waals surface area contributed by atoms with Crippen molar-refractivity contribution in [1.29, 1.82) is 0 Å². The van der Waals surface area contributed by atoms with Crippen molar-refractivity contribution in [3.05, 3.63) is 72.3 Å². The van der Waals surface area contributed by atoms with Gasteiger partial charge in [0.1, 0.15) is 0 Å². The maximum absolute atomic E-state index is 5.29. The Morgan fingerprint density at radius 2 is 1.76 bits per heavy atom. The predicted molar refractivity (Wildman–Crippen MR) is 95.2 cm³/mol. The molecule has 0 spiro atoms. The molecule has 6 heteroatoms. The van der Waals surface area contributed by atoms with Crippen LogP contribution in [0.3, 0.4) is 0 Å². The van der Waals surface area contributed by atoms with Gasteiger partial charge in [-0.2, -0.15) is 4.98 Å². The number of aryl methyl sites for hydroxylation is 1. The summed E-state index contributed by atoms with van der Waals surface area (Å²) < 4.78 is 5.29. The summed E-state index contributed by atoms with van der Waals surface area (Å²) in [5, 5.41) is 15.5. The lowest BCUT2D eigenvalue weighted by Gasteiger charge is -2.05. The van der Waals surface area contributed by atoms with Gasteiger partial charge >= 0.3 is 0 Å². The SMILES string of the molecule is Cc1cccc(Nc2ccc(-c3nc(-c4ccccc4)no3)nn2)c1. The smallest absolute Gasteiger partial charge is 0.278 e. The van der Waals surface area contributed by atoms with Gasteiger partial charge in [-0.05, 0) is 36.8 Å². The minimum Gasteiger partial charge on any atom is -0.339 e. The average molecular weight is 329 g/mol. The number of hydrogen-bond acceptors (Lipinski definition) is 6. The van der Waals surface area contributed by atoms with Crippen molar-refractivity contribution >= 4 is 11.5 Å². The second-order valence-corrected chi connectivity index (χ2v) is 5.59. The van der Waals surface area contributed by atoms with Gasteiger partial charge in [0.05, 0.1) is 0 Å². The number of anilines is 2. The van der Waals surface area contributed by atoms with Gasteiger partial charge in [0, 0.05) is 11.3 Å². The fourth-order valence-electron chi connectivity index (χ4n) is 2.42. The van der Waals surface area contributed by atoms with Gasteiger partial charge in [-0.15, -0.1) is 10.2 Å². The molecular formula is C19H15N5O. The quantitative estimate of drug-likeness (QED) is 0.603. The molecule has 4 aromatic rings. The van der Waals surface area contributed by atoms with Gasteiger partial charge in [0.2, 0.25) is 5.82 Å². The van der Waals surface area contributed by atoms with Crippen molar-refractivity contribution in [2.24, 2.45) is 0 Å². The summed E-state index contributed by atoms with van der Waals surface area (Å²) in [7, 11) is 0. The molecule has 1 N–H and O–H groups in total. The van der Waals surface area contributed by atoms with E-state index in [1.54, 1.807) is 6.07 Å². The second-order valence-electron chi connectivity index (χ2n) is 5.59. The van der Waals surface area contributed by atoms with Gasteiger partial charge < -0.3 is 9.84 Å². The van der Waals surface area contributed by atoms with E-state index in [2.05, 4.69) is 25.7 Å². The largest absolute Gasteiger partial charge is 0.339 e. The van der Waals surface area contributed by atoms with Crippen LogP contribution in [0.25, 0.3) is 23.0 Å². The van der Waals surface area contributed by atoms with Crippen LogP contribution in [0.5, 0.6) is 0 Å². The molecule has 0 aliphatic rings. The molecule has 0 bridgehead atoms. The second kappa shape index (κ2) is 6.52. The van der Waals surface area contributed by atoms with Gasteiger partial charge in [-0.1, -0.05) is 47.6 Å². The van der Waals surface area contributed by atoms with E-state index in [1.165, 1.54) is 5.56 Å². The summed E-state index contributed by atoms with van der Waals surface area (Å²) >= 11 is 0. The molecule has 6 nitrogen and oxygen atoms in total. The van der Waals surface area contributed by atoms with Crippen LogP contribution in [0.2, 0.25) is 0 Å². The Labute approximate surface area is 144 Å². The molecule has 0 aliphatic heterocycles. The summed E-state index contributed by atoms with van der Waals surface area (Å²) in [6, 6.07) is 21.3. The summed E-state index contributed by atoms with van der Waals surface area (Å²) in [4.78, 5) is 4.38. The van der Waals surface area contributed by atoms with Gasteiger partial charge in [0.25, 0.3) is 5.89 Å². The minimum atomic E-state index is 0.341. The zero-order valence-corrected chi connectivity index (χ0v) is 13.5. The molecule has 0 radical (unpaired) electrons. The first kappa shape index (κ1) is 15.0. The van der Waals surface area contributed by atoms with E-state index in [0.717, 1.165) is 11.3 Å². The van der Waals surface area contributed by atoms with Crippen molar-refractivity contribution in [2.75, 3.05) is 5.32 Å². The van der Waals surface area contributed by atoms with E-state index in [4.69, 9.17) is 4.52 Å². The van der Waals surface area contributed by atoms with Crippen LogP contribution in [0.1, 0.15) is 5.56 Å². The fraction of sp³-hybridized carbons (Fsp3) is 0.0526. The zero-order chi connectivity index (χ0) is 17.1. The Balaban J connectivity index is 1.53. The maximum atomic E-state index is 5.29. The Morgan fingerprint density at radius 3 is 2.52 bits per heavy atom. The molecule has 0 saturated carbocycles. The minimum absolute atomic E-state index is 0.341. The molecule has 2 aromatic carbocycles. The first-order valence-electron chi connectivity index (χ1n) is 7.85. The Bertz CT molecular complexity index is 980. The van der Waals surface area contributed by atoms with Gasteiger partial charge in [-0.3, -0.25) is 0 Å². The van der Waals surface area contributed by atoms with E-state index in [9.17, 15) is 0 Å². The van der Waals surface area contributed by atoms with Crippen LogP contribution in [0, 0.1) is 6.92 Å².